The van der Waals surface area contributed by atoms with Crippen LogP contribution in [0.15, 0.2) is 48.5 Å². The molecule has 2 saturated heterocycles. The molecule has 7 nitrogen and oxygen atoms in total. The molecule has 2 heterocycles. The molecule has 0 spiro atoms. The van der Waals surface area contributed by atoms with Crippen molar-refractivity contribution in [1.29, 1.82) is 0 Å². The summed E-state index contributed by atoms with van der Waals surface area (Å²) in [7, 11) is 3.20. The molecule has 0 N–H and O–H groups in total. The molecule has 0 aliphatic carbocycles. The number of hydrogen-bond acceptors (Lipinski definition) is 7. The topological polar surface area (TPSA) is 60.5 Å². The highest BCUT2D eigenvalue weighted by Crippen LogP contribution is 2.34. The van der Waals surface area contributed by atoms with Crippen molar-refractivity contribution in [3.63, 3.8) is 0 Å². The van der Waals surface area contributed by atoms with E-state index in [4.69, 9.17) is 18.9 Å². The van der Waals surface area contributed by atoms with Gasteiger partial charge in [0.25, 0.3) is 0 Å². The number of rotatable bonds is 8. The second-order valence-corrected chi connectivity index (χ2v) is 8.03. The van der Waals surface area contributed by atoms with E-state index in [0.29, 0.717) is 56.6 Å². The normalized spacial score (nSPS) is 19.8. The van der Waals surface area contributed by atoms with Crippen LogP contribution in [0.3, 0.4) is 0 Å². The number of morpholine rings is 2. The Labute approximate surface area is 189 Å². The van der Waals surface area contributed by atoms with Crippen LogP contribution in [0, 0.1) is 0 Å². The van der Waals surface area contributed by atoms with E-state index in [1.54, 1.807) is 20.3 Å². The van der Waals surface area contributed by atoms with E-state index < -0.39 is 0 Å². The molecule has 4 rings (SSSR count). The minimum Gasteiger partial charge on any atom is -0.497 e. The van der Waals surface area contributed by atoms with Crippen molar-refractivity contribution >= 4 is 5.78 Å². The molecule has 0 unspecified atom stereocenters. The van der Waals surface area contributed by atoms with Crippen molar-refractivity contribution in [3.8, 4) is 11.5 Å². The Hall–Kier alpha value is -2.45. The van der Waals surface area contributed by atoms with E-state index in [0.717, 1.165) is 18.7 Å². The number of methoxy groups -OCH3 is 2. The summed E-state index contributed by atoms with van der Waals surface area (Å²) < 4.78 is 22.2. The average molecular weight is 441 g/mol. The fourth-order valence-electron chi connectivity index (χ4n) is 4.62. The second-order valence-electron chi connectivity index (χ2n) is 8.03. The van der Waals surface area contributed by atoms with Crippen LogP contribution in [0.1, 0.15) is 22.0 Å². The summed E-state index contributed by atoms with van der Waals surface area (Å²) in [5.74, 6) is 1.24. The lowest BCUT2D eigenvalue weighted by Crippen LogP contribution is -2.55. The van der Waals surface area contributed by atoms with E-state index in [9.17, 15) is 4.79 Å². The molecule has 2 aromatic rings. The summed E-state index contributed by atoms with van der Waals surface area (Å²) in [5.41, 5.74) is 1.70. The van der Waals surface area contributed by atoms with Gasteiger partial charge >= 0.3 is 0 Å². The Bertz CT molecular complexity index is 879. The van der Waals surface area contributed by atoms with Crippen LogP contribution in [0.2, 0.25) is 0 Å². The zero-order valence-electron chi connectivity index (χ0n) is 18.9. The van der Waals surface area contributed by atoms with Crippen molar-refractivity contribution in [1.82, 2.24) is 9.80 Å². The van der Waals surface area contributed by atoms with Crippen LogP contribution < -0.4 is 9.47 Å². The molecule has 7 heteroatoms. The highest BCUT2D eigenvalue weighted by atomic mass is 16.5. The summed E-state index contributed by atoms with van der Waals surface area (Å²) in [6, 6.07) is 15.3. The fraction of sp³-hybridized carbons (Fsp3) is 0.480. The molecule has 0 aromatic heterocycles. The van der Waals surface area contributed by atoms with Gasteiger partial charge in [-0.1, -0.05) is 30.3 Å². The molecule has 2 aliphatic rings. The molecule has 0 bridgehead atoms. The predicted molar refractivity (Wildman–Crippen MR) is 122 cm³/mol. The van der Waals surface area contributed by atoms with Gasteiger partial charge in [-0.2, -0.15) is 0 Å². The molecule has 0 amide bonds. The first-order valence-electron chi connectivity index (χ1n) is 11.2. The zero-order valence-corrected chi connectivity index (χ0v) is 18.9. The third-order valence-electron chi connectivity index (χ3n) is 6.26. The predicted octanol–water partition coefficient (Wildman–Crippen LogP) is 2.66. The van der Waals surface area contributed by atoms with Gasteiger partial charge in [0.15, 0.2) is 5.78 Å². The van der Waals surface area contributed by atoms with Crippen LogP contribution in [0.4, 0.5) is 0 Å². The third-order valence-corrected chi connectivity index (χ3v) is 6.26. The Balaban J connectivity index is 1.78. The molecule has 0 saturated carbocycles. The molecule has 0 radical (unpaired) electrons. The van der Waals surface area contributed by atoms with Gasteiger partial charge < -0.3 is 18.9 Å². The highest BCUT2D eigenvalue weighted by molar-refractivity contribution is 6.03. The number of hydrogen-bond donors (Lipinski definition) is 0. The summed E-state index contributed by atoms with van der Waals surface area (Å²) >= 11 is 0. The van der Waals surface area contributed by atoms with Crippen molar-refractivity contribution in [2.45, 2.75) is 12.1 Å². The van der Waals surface area contributed by atoms with Crippen LogP contribution in [-0.4, -0.2) is 88.5 Å². The first-order chi connectivity index (χ1) is 15.7. The smallest absolute Gasteiger partial charge is 0.185 e. The number of carbonyl (C=O) groups excluding carboxylic acids is 1. The van der Waals surface area contributed by atoms with Gasteiger partial charge in [-0.05, 0) is 17.7 Å². The second kappa shape index (κ2) is 10.9. The number of carbonyl (C=O) groups is 1. The first kappa shape index (κ1) is 22.7. The summed E-state index contributed by atoms with van der Waals surface area (Å²) in [4.78, 5) is 18.9. The lowest BCUT2D eigenvalue weighted by atomic mass is 9.89. The summed E-state index contributed by atoms with van der Waals surface area (Å²) in [6.45, 7) is 5.56. The van der Waals surface area contributed by atoms with Crippen LogP contribution in [0.25, 0.3) is 0 Å². The van der Waals surface area contributed by atoms with E-state index >= 15 is 0 Å². The minimum absolute atomic E-state index is 0.0479. The van der Waals surface area contributed by atoms with Crippen molar-refractivity contribution in [2.75, 3.05) is 66.8 Å². The van der Waals surface area contributed by atoms with E-state index in [1.807, 2.05) is 30.3 Å². The first-order valence-corrected chi connectivity index (χ1v) is 11.2. The molecule has 2 aromatic carbocycles. The number of ether oxygens (including phenoxy) is 4. The molecule has 2 aliphatic heterocycles. The fourth-order valence-corrected chi connectivity index (χ4v) is 4.62. The average Bonchev–Trinajstić information content (AvgIpc) is 2.88. The largest absolute Gasteiger partial charge is 0.497 e. The number of benzene rings is 2. The Kier molecular flexibility index (Phi) is 7.76. The lowest BCUT2D eigenvalue weighted by Gasteiger charge is -2.44. The monoisotopic (exact) mass is 440 g/mol. The summed E-state index contributed by atoms with van der Waals surface area (Å²) in [6.07, 6.45) is 0. The van der Waals surface area contributed by atoms with Crippen LogP contribution >= 0.6 is 0 Å². The number of ketones is 1. The van der Waals surface area contributed by atoms with Crippen molar-refractivity contribution in [2.24, 2.45) is 0 Å². The molecule has 172 valence electrons. The van der Waals surface area contributed by atoms with E-state index in [1.165, 1.54) is 0 Å². The van der Waals surface area contributed by atoms with Gasteiger partial charge in [0.2, 0.25) is 0 Å². The van der Waals surface area contributed by atoms with Crippen LogP contribution in [-0.2, 0) is 9.47 Å². The van der Waals surface area contributed by atoms with Gasteiger partial charge in [-0.25, -0.2) is 0 Å². The van der Waals surface area contributed by atoms with Gasteiger partial charge in [0.1, 0.15) is 11.5 Å². The molecular formula is C25H32N2O5. The molecule has 2 fully saturated rings. The molecular weight excluding hydrogens is 408 g/mol. The standard InChI is InChI=1S/C25H32N2O5/c1-29-20-8-9-21(22(18-20)30-2)25(28)24(27-12-16-32-17-13-27)23(19-6-4-3-5-7-19)26-10-14-31-15-11-26/h3-9,18,23-24H,10-17H2,1-2H3/t23-,24-/m0/s1. The number of nitrogens with zero attached hydrogens (tertiary/aromatic N) is 2. The molecule has 2 atom stereocenters. The van der Waals surface area contributed by atoms with Gasteiger partial charge in [-0.15, -0.1) is 0 Å². The maximum Gasteiger partial charge on any atom is 0.185 e. The maximum absolute atomic E-state index is 14.2. The van der Waals surface area contributed by atoms with Gasteiger partial charge in [0, 0.05) is 32.2 Å². The Morgan fingerprint density at radius 2 is 1.47 bits per heavy atom. The quantitative estimate of drug-likeness (QED) is 0.585. The van der Waals surface area contributed by atoms with Crippen LogP contribution in [0.5, 0.6) is 11.5 Å². The minimum atomic E-state index is -0.373. The molecule has 32 heavy (non-hydrogen) atoms. The van der Waals surface area contributed by atoms with Gasteiger partial charge in [-0.3, -0.25) is 14.6 Å². The van der Waals surface area contributed by atoms with Crippen molar-refractivity contribution in [3.05, 3.63) is 59.7 Å². The zero-order chi connectivity index (χ0) is 22.3. The highest BCUT2D eigenvalue weighted by Gasteiger charge is 2.40. The maximum atomic E-state index is 14.2. The van der Waals surface area contributed by atoms with Crippen molar-refractivity contribution < 1.29 is 23.7 Å². The summed E-state index contributed by atoms with van der Waals surface area (Å²) in [5, 5.41) is 0. The SMILES string of the molecule is COc1ccc(C(=O)[C@H]([C@H](c2ccccc2)N2CCOCC2)N2CCOCC2)c(OC)c1. The third kappa shape index (κ3) is 4.96. The van der Waals surface area contributed by atoms with E-state index in [-0.39, 0.29) is 17.9 Å². The Morgan fingerprint density at radius 1 is 0.844 bits per heavy atom. The lowest BCUT2D eigenvalue weighted by molar-refractivity contribution is -0.0302. The number of Topliss-reactive ketones (excluding diaryl/α,β-unsaturated/α-hetero) is 1. The van der Waals surface area contributed by atoms with Gasteiger partial charge in [0.05, 0.1) is 58.3 Å². The van der Waals surface area contributed by atoms with E-state index in [2.05, 4.69) is 21.9 Å². The Morgan fingerprint density at radius 3 is 2.06 bits per heavy atom.